The highest BCUT2D eigenvalue weighted by Crippen LogP contribution is 2.27. The van der Waals surface area contributed by atoms with Crippen molar-refractivity contribution in [3.63, 3.8) is 0 Å². The van der Waals surface area contributed by atoms with Gasteiger partial charge in [0.05, 0.1) is 23.4 Å². The first-order valence-electron chi connectivity index (χ1n) is 7.24. The third-order valence-corrected chi connectivity index (χ3v) is 4.06. The summed E-state index contributed by atoms with van der Waals surface area (Å²) in [7, 11) is 0. The molecule has 1 amide bonds. The van der Waals surface area contributed by atoms with Gasteiger partial charge in [-0.05, 0) is 48.4 Å². The molecular formula is C17H14FN3O. The van der Waals surface area contributed by atoms with Crippen LogP contribution in [0.25, 0.3) is 16.6 Å². The second-order valence-electron chi connectivity index (χ2n) is 5.51. The highest BCUT2D eigenvalue weighted by molar-refractivity contribution is 5.82. The smallest absolute Gasteiger partial charge is 0.220 e. The number of carbonyl (C=O) groups is 1. The molecule has 1 saturated heterocycles. The minimum absolute atomic E-state index is 0.0890. The number of nitrogens with zero attached hydrogens (tertiary/aromatic N) is 2. The summed E-state index contributed by atoms with van der Waals surface area (Å²) in [5.74, 6) is -0.161. The maximum Gasteiger partial charge on any atom is 0.220 e. The van der Waals surface area contributed by atoms with Gasteiger partial charge in [0.15, 0.2) is 0 Å². The summed E-state index contributed by atoms with van der Waals surface area (Å²) in [6.07, 6.45) is 3.20. The van der Waals surface area contributed by atoms with Crippen LogP contribution in [0.3, 0.4) is 0 Å². The van der Waals surface area contributed by atoms with Crippen LogP contribution in [0.4, 0.5) is 4.39 Å². The Balaban J connectivity index is 1.74. The Kier molecular flexibility index (Phi) is 2.92. The molecule has 1 aliphatic rings. The summed E-state index contributed by atoms with van der Waals surface area (Å²) in [5, 5.41) is 8.36. The number of halogens is 1. The van der Waals surface area contributed by atoms with Gasteiger partial charge in [-0.3, -0.25) is 4.79 Å². The van der Waals surface area contributed by atoms with Gasteiger partial charge in [-0.15, -0.1) is 0 Å². The zero-order chi connectivity index (χ0) is 15.1. The highest BCUT2D eigenvalue weighted by atomic mass is 19.1. The van der Waals surface area contributed by atoms with Crippen molar-refractivity contribution in [1.82, 2.24) is 15.1 Å². The van der Waals surface area contributed by atoms with E-state index < -0.39 is 0 Å². The Bertz CT molecular complexity index is 854. The lowest BCUT2D eigenvalue weighted by atomic mass is 10.0. The van der Waals surface area contributed by atoms with Crippen molar-refractivity contribution >= 4 is 16.8 Å². The van der Waals surface area contributed by atoms with Crippen molar-refractivity contribution < 1.29 is 9.18 Å². The fourth-order valence-corrected chi connectivity index (χ4v) is 2.92. The van der Waals surface area contributed by atoms with E-state index in [1.54, 1.807) is 23.0 Å². The molecule has 1 N–H and O–H groups in total. The van der Waals surface area contributed by atoms with E-state index in [2.05, 4.69) is 16.5 Å². The standard InChI is InChI=1S/C17H14FN3O/c18-13-2-4-14(5-3-13)21-16-7-1-11(9-12(16)10-19-21)15-6-8-17(22)20-15/h1-5,7,9-10,15H,6,8H2,(H,20,22). The zero-order valence-corrected chi connectivity index (χ0v) is 11.8. The second-order valence-corrected chi connectivity index (χ2v) is 5.51. The molecule has 1 aliphatic heterocycles. The van der Waals surface area contributed by atoms with Gasteiger partial charge in [-0.2, -0.15) is 5.10 Å². The van der Waals surface area contributed by atoms with Gasteiger partial charge < -0.3 is 5.32 Å². The molecular weight excluding hydrogens is 281 g/mol. The lowest BCUT2D eigenvalue weighted by Crippen LogP contribution is -2.18. The molecule has 4 rings (SSSR count). The van der Waals surface area contributed by atoms with Crippen LogP contribution in [-0.4, -0.2) is 15.7 Å². The first-order valence-corrected chi connectivity index (χ1v) is 7.24. The van der Waals surface area contributed by atoms with E-state index in [1.165, 1.54) is 12.1 Å². The van der Waals surface area contributed by atoms with Gasteiger partial charge >= 0.3 is 0 Å². The normalized spacial score (nSPS) is 17.9. The molecule has 3 aromatic rings. The van der Waals surface area contributed by atoms with Gasteiger partial charge in [0.25, 0.3) is 0 Å². The van der Waals surface area contributed by atoms with Crippen molar-refractivity contribution in [2.45, 2.75) is 18.9 Å². The first-order chi connectivity index (χ1) is 10.7. The first kappa shape index (κ1) is 13.0. The molecule has 0 radical (unpaired) electrons. The van der Waals surface area contributed by atoms with Crippen LogP contribution >= 0.6 is 0 Å². The summed E-state index contributed by atoms with van der Waals surface area (Å²) in [6.45, 7) is 0. The molecule has 1 atom stereocenters. The molecule has 2 aromatic carbocycles. The summed E-state index contributed by atoms with van der Waals surface area (Å²) in [4.78, 5) is 11.3. The van der Waals surface area contributed by atoms with E-state index >= 15 is 0 Å². The molecule has 2 heterocycles. The summed E-state index contributed by atoms with van der Waals surface area (Å²) in [5.41, 5.74) is 2.87. The zero-order valence-electron chi connectivity index (χ0n) is 11.8. The Labute approximate surface area is 126 Å². The maximum atomic E-state index is 13.0. The van der Waals surface area contributed by atoms with Crippen LogP contribution in [0, 0.1) is 5.82 Å². The fourth-order valence-electron chi connectivity index (χ4n) is 2.92. The number of nitrogens with one attached hydrogen (secondary N) is 1. The minimum Gasteiger partial charge on any atom is -0.349 e. The van der Waals surface area contributed by atoms with Crippen molar-refractivity contribution in [3.8, 4) is 5.69 Å². The number of hydrogen-bond donors (Lipinski definition) is 1. The van der Waals surface area contributed by atoms with Crippen LogP contribution < -0.4 is 5.32 Å². The predicted molar refractivity (Wildman–Crippen MR) is 81.1 cm³/mol. The third kappa shape index (κ3) is 2.15. The van der Waals surface area contributed by atoms with Gasteiger partial charge in [0, 0.05) is 11.8 Å². The fraction of sp³-hybridized carbons (Fsp3) is 0.176. The Morgan fingerprint density at radius 2 is 2.00 bits per heavy atom. The van der Waals surface area contributed by atoms with Gasteiger partial charge in [-0.1, -0.05) is 6.07 Å². The lowest BCUT2D eigenvalue weighted by molar-refractivity contribution is -0.119. The Morgan fingerprint density at radius 1 is 1.18 bits per heavy atom. The Morgan fingerprint density at radius 3 is 2.73 bits per heavy atom. The van der Waals surface area contributed by atoms with Crippen molar-refractivity contribution in [2.24, 2.45) is 0 Å². The maximum absolute atomic E-state index is 13.0. The number of benzene rings is 2. The largest absolute Gasteiger partial charge is 0.349 e. The summed E-state index contributed by atoms with van der Waals surface area (Å²) in [6, 6.07) is 12.4. The molecule has 0 bridgehead atoms. The third-order valence-electron chi connectivity index (χ3n) is 4.06. The minimum atomic E-state index is -0.264. The number of fused-ring (bicyclic) bond motifs is 1. The summed E-state index contributed by atoms with van der Waals surface area (Å²) >= 11 is 0. The molecule has 4 nitrogen and oxygen atoms in total. The molecule has 5 heteroatoms. The van der Waals surface area contributed by atoms with Crippen molar-refractivity contribution in [3.05, 3.63) is 60.0 Å². The number of hydrogen-bond acceptors (Lipinski definition) is 2. The van der Waals surface area contributed by atoms with Gasteiger partial charge in [-0.25, -0.2) is 9.07 Å². The monoisotopic (exact) mass is 295 g/mol. The van der Waals surface area contributed by atoms with Crippen molar-refractivity contribution in [2.75, 3.05) is 0 Å². The molecule has 0 spiro atoms. The van der Waals surface area contributed by atoms with E-state index in [1.807, 2.05) is 12.1 Å². The van der Waals surface area contributed by atoms with Crippen LogP contribution in [0.5, 0.6) is 0 Å². The van der Waals surface area contributed by atoms with Gasteiger partial charge in [0.1, 0.15) is 5.82 Å². The summed E-state index contributed by atoms with van der Waals surface area (Å²) < 4.78 is 14.8. The van der Waals surface area contributed by atoms with Gasteiger partial charge in [0.2, 0.25) is 5.91 Å². The molecule has 1 fully saturated rings. The number of aromatic nitrogens is 2. The molecule has 22 heavy (non-hydrogen) atoms. The number of carbonyl (C=O) groups excluding carboxylic acids is 1. The Hall–Kier alpha value is -2.69. The highest BCUT2D eigenvalue weighted by Gasteiger charge is 2.22. The number of rotatable bonds is 2. The quantitative estimate of drug-likeness (QED) is 0.789. The predicted octanol–water partition coefficient (Wildman–Crippen LogP) is 3.12. The van der Waals surface area contributed by atoms with E-state index in [-0.39, 0.29) is 17.8 Å². The van der Waals surface area contributed by atoms with Crippen molar-refractivity contribution in [1.29, 1.82) is 0 Å². The average Bonchev–Trinajstić information content (AvgIpc) is 3.14. The lowest BCUT2D eigenvalue weighted by Gasteiger charge is -2.10. The molecule has 0 aliphatic carbocycles. The SMILES string of the molecule is O=C1CCC(c2ccc3c(cnn3-c3ccc(F)cc3)c2)N1. The van der Waals surface area contributed by atoms with E-state index in [4.69, 9.17) is 0 Å². The molecule has 1 aromatic heterocycles. The van der Waals surface area contributed by atoms with E-state index in [9.17, 15) is 9.18 Å². The van der Waals surface area contributed by atoms with E-state index in [0.717, 1.165) is 28.6 Å². The average molecular weight is 295 g/mol. The van der Waals surface area contributed by atoms with Crippen LogP contribution in [-0.2, 0) is 4.79 Å². The van der Waals surface area contributed by atoms with E-state index in [0.29, 0.717) is 6.42 Å². The number of amides is 1. The molecule has 110 valence electrons. The molecule has 1 unspecified atom stereocenters. The van der Waals surface area contributed by atoms with Crippen LogP contribution in [0.1, 0.15) is 24.4 Å². The second kappa shape index (κ2) is 4.94. The molecule has 0 saturated carbocycles. The van der Waals surface area contributed by atoms with Crippen LogP contribution in [0.15, 0.2) is 48.7 Å². The topological polar surface area (TPSA) is 46.9 Å². The van der Waals surface area contributed by atoms with Crippen LogP contribution in [0.2, 0.25) is 0 Å².